The molecular formula is C20H23N3O2S2. The first-order valence-electron chi connectivity index (χ1n) is 8.81. The average molecular weight is 402 g/mol. The van der Waals surface area contributed by atoms with Gasteiger partial charge < -0.3 is 9.64 Å². The smallest absolute Gasteiger partial charge is 0.316 e. The highest BCUT2D eigenvalue weighted by atomic mass is 32.2. The summed E-state index contributed by atoms with van der Waals surface area (Å²) in [4.78, 5) is 21.1. The fourth-order valence-corrected chi connectivity index (χ4v) is 4.70. The van der Waals surface area contributed by atoms with Crippen LogP contribution in [0.1, 0.15) is 37.6 Å². The molecule has 0 unspecified atom stereocenters. The third-order valence-corrected chi connectivity index (χ3v) is 6.11. The summed E-state index contributed by atoms with van der Waals surface area (Å²) in [5.41, 5.74) is 2.86. The van der Waals surface area contributed by atoms with Gasteiger partial charge in [0, 0.05) is 35.7 Å². The average Bonchev–Trinajstić information content (AvgIpc) is 3.11. The number of carbonyl (C=O) groups is 1. The molecule has 5 nitrogen and oxygen atoms in total. The summed E-state index contributed by atoms with van der Waals surface area (Å²) in [6.07, 6.45) is 0.843. The highest BCUT2D eigenvalue weighted by Crippen LogP contribution is 2.38. The maximum Gasteiger partial charge on any atom is 0.316 e. The molecule has 0 N–H and O–H groups in total. The Morgan fingerprint density at radius 2 is 2.26 bits per heavy atom. The molecule has 27 heavy (non-hydrogen) atoms. The zero-order chi connectivity index (χ0) is 19.6. The highest BCUT2D eigenvalue weighted by Gasteiger charge is 2.26. The standard InChI is InChI=1S/C20H23N3O2S2/c1-20(2,3)25-17(24)12-27-19-13(10-21)18(16-6-5-9-26-16)22-15-7-8-23(4)11-14(15)19/h5-6,9H,7-8,11-12H2,1-4H3. The normalized spacial score (nSPS) is 14.5. The Hall–Kier alpha value is -1.88. The lowest BCUT2D eigenvalue weighted by atomic mass is 10.0. The Balaban J connectivity index is 2.01. The fraction of sp³-hybridized carbons (Fsp3) is 0.450. The highest BCUT2D eigenvalue weighted by molar-refractivity contribution is 8.00. The van der Waals surface area contributed by atoms with Gasteiger partial charge in [0.2, 0.25) is 0 Å². The topological polar surface area (TPSA) is 66.2 Å². The zero-order valence-electron chi connectivity index (χ0n) is 16.0. The molecule has 142 valence electrons. The third kappa shape index (κ3) is 4.70. The van der Waals surface area contributed by atoms with E-state index in [9.17, 15) is 10.1 Å². The number of hydrogen-bond donors (Lipinski definition) is 0. The van der Waals surface area contributed by atoms with Crippen LogP contribution >= 0.6 is 23.1 Å². The van der Waals surface area contributed by atoms with Gasteiger partial charge in [-0.2, -0.15) is 5.26 Å². The van der Waals surface area contributed by atoms with Crippen molar-refractivity contribution in [3.63, 3.8) is 0 Å². The number of thioether (sulfide) groups is 1. The van der Waals surface area contributed by atoms with E-state index in [4.69, 9.17) is 9.72 Å². The first-order valence-corrected chi connectivity index (χ1v) is 10.7. The number of nitrogens with zero attached hydrogens (tertiary/aromatic N) is 3. The van der Waals surface area contributed by atoms with Crippen LogP contribution in [0.3, 0.4) is 0 Å². The second-order valence-corrected chi connectivity index (χ2v) is 9.48. The summed E-state index contributed by atoms with van der Waals surface area (Å²) in [6, 6.07) is 6.29. The minimum absolute atomic E-state index is 0.177. The summed E-state index contributed by atoms with van der Waals surface area (Å²) >= 11 is 2.96. The molecule has 0 saturated carbocycles. The number of fused-ring (bicyclic) bond motifs is 1. The summed E-state index contributed by atoms with van der Waals surface area (Å²) < 4.78 is 5.43. The summed E-state index contributed by atoms with van der Waals surface area (Å²) in [7, 11) is 2.06. The number of nitriles is 1. The van der Waals surface area contributed by atoms with Gasteiger partial charge in [-0.05, 0) is 39.3 Å². The molecule has 0 radical (unpaired) electrons. The second kappa shape index (κ2) is 8.01. The number of rotatable bonds is 4. The van der Waals surface area contributed by atoms with E-state index in [1.54, 1.807) is 11.3 Å². The molecule has 0 spiro atoms. The molecule has 0 fully saturated rings. The van der Waals surface area contributed by atoms with Crippen LogP contribution < -0.4 is 0 Å². The largest absolute Gasteiger partial charge is 0.459 e. The van der Waals surface area contributed by atoms with E-state index in [1.165, 1.54) is 11.8 Å². The number of hydrogen-bond acceptors (Lipinski definition) is 7. The number of pyridine rings is 1. The van der Waals surface area contributed by atoms with Crippen LogP contribution in [-0.4, -0.2) is 40.8 Å². The van der Waals surface area contributed by atoms with Crippen LogP contribution in [0.15, 0.2) is 22.4 Å². The molecule has 0 amide bonds. The SMILES string of the molecule is CN1CCc2nc(-c3cccs3)c(C#N)c(SCC(=O)OC(C)(C)C)c2C1. The number of aromatic nitrogens is 1. The van der Waals surface area contributed by atoms with Crippen molar-refractivity contribution in [3.05, 3.63) is 34.3 Å². The van der Waals surface area contributed by atoms with Crippen LogP contribution in [-0.2, 0) is 22.5 Å². The van der Waals surface area contributed by atoms with Gasteiger partial charge in [-0.1, -0.05) is 6.07 Å². The molecule has 0 atom stereocenters. The van der Waals surface area contributed by atoms with Crippen molar-refractivity contribution in [1.82, 2.24) is 9.88 Å². The van der Waals surface area contributed by atoms with Crippen molar-refractivity contribution in [2.75, 3.05) is 19.3 Å². The number of carbonyl (C=O) groups excluding carboxylic acids is 1. The van der Waals surface area contributed by atoms with Gasteiger partial charge in [0.15, 0.2) is 0 Å². The Bertz CT molecular complexity index is 880. The van der Waals surface area contributed by atoms with E-state index in [1.807, 2.05) is 38.3 Å². The van der Waals surface area contributed by atoms with Gasteiger partial charge in [0.05, 0.1) is 21.9 Å². The zero-order valence-corrected chi connectivity index (χ0v) is 17.7. The van der Waals surface area contributed by atoms with Crippen molar-refractivity contribution >= 4 is 29.1 Å². The van der Waals surface area contributed by atoms with Crippen LogP contribution in [0.25, 0.3) is 10.6 Å². The molecule has 0 bridgehead atoms. The Kier molecular flexibility index (Phi) is 5.89. The fourth-order valence-electron chi connectivity index (χ4n) is 3.02. The lowest BCUT2D eigenvalue weighted by Gasteiger charge is -2.27. The molecule has 7 heteroatoms. The quantitative estimate of drug-likeness (QED) is 0.567. The number of ether oxygens (including phenoxy) is 1. The molecule has 1 aliphatic heterocycles. The van der Waals surface area contributed by atoms with Crippen LogP contribution in [0.4, 0.5) is 0 Å². The Morgan fingerprint density at radius 1 is 1.48 bits per heavy atom. The lowest BCUT2D eigenvalue weighted by Crippen LogP contribution is -2.28. The Morgan fingerprint density at radius 3 is 2.89 bits per heavy atom. The van der Waals surface area contributed by atoms with Crippen molar-refractivity contribution < 1.29 is 9.53 Å². The summed E-state index contributed by atoms with van der Waals surface area (Å²) in [5, 5.41) is 11.9. The van der Waals surface area contributed by atoms with Crippen molar-refractivity contribution in [2.24, 2.45) is 0 Å². The first-order chi connectivity index (χ1) is 12.8. The van der Waals surface area contributed by atoms with Gasteiger partial charge in [0.1, 0.15) is 11.7 Å². The number of esters is 1. The van der Waals surface area contributed by atoms with Gasteiger partial charge in [-0.25, -0.2) is 0 Å². The molecule has 0 aromatic carbocycles. The van der Waals surface area contributed by atoms with Crippen LogP contribution in [0, 0.1) is 11.3 Å². The monoisotopic (exact) mass is 401 g/mol. The molecule has 0 aliphatic carbocycles. The molecule has 3 heterocycles. The van der Waals surface area contributed by atoms with Crippen molar-refractivity contribution in [3.8, 4) is 16.6 Å². The van der Waals surface area contributed by atoms with E-state index in [0.29, 0.717) is 5.56 Å². The van der Waals surface area contributed by atoms with Gasteiger partial charge in [-0.15, -0.1) is 23.1 Å². The minimum atomic E-state index is -0.518. The molecule has 0 saturated heterocycles. The predicted octanol–water partition coefficient (Wildman–Crippen LogP) is 4.10. The van der Waals surface area contributed by atoms with Gasteiger partial charge >= 0.3 is 5.97 Å². The lowest BCUT2D eigenvalue weighted by molar-refractivity contribution is -0.151. The molecule has 3 rings (SSSR count). The third-order valence-electron chi connectivity index (χ3n) is 4.11. The number of thiophene rings is 1. The summed E-state index contributed by atoms with van der Waals surface area (Å²) in [5.74, 6) is -0.0977. The molecule has 2 aromatic rings. The van der Waals surface area contributed by atoms with Gasteiger partial charge in [0.25, 0.3) is 0 Å². The van der Waals surface area contributed by atoms with E-state index in [-0.39, 0.29) is 11.7 Å². The van der Waals surface area contributed by atoms with E-state index in [2.05, 4.69) is 18.0 Å². The summed E-state index contributed by atoms with van der Waals surface area (Å²) in [6.45, 7) is 7.24. The van der Waals surface area contributed by atoms with Crippen molar-refractivity contribution in [2.45, 2.75) is 44.2 Å². The Labute approximate surface area is 168 Å². The van der Waals surface area contributed by atoms with Crippen LogP contribution in [0.5, 0.6) is 0 Å². The maximum atomic E-state index is 12.2. The maximum absolute atomic E-state index is 12.2. The minimum Gasteiger partial charge on any atom is -0.459 e. The first kappa shape index (κ1) is 19.9. The number of likely N-dealkylation sites (N-methyl/N-ethyl adjacent to an activating group) is 1. The van der Waals surface area contributed by atoms with E-state index in [0.717, 1.165) is 46.2 Å². The molecule has 2 aromatic heterocycles. The van der Waals surface area contributed by atoms with Crippen molar-refractivity contribution in [1.29, 1.82) is 5.26 Å². The van der Waals surface area contributed by atoms with E-state index >= 15 is 0 Å². The van der Waals surface area contributed by atoms with Gasteiger partial charge in [-0.3, -0.25) is 9.78 Å². The van der Waals surface area contributed by atoms with Crippen LogP contribution in [0.2, 0.25) is 0 Å². The second-order valence-electron chi connectivity index (χ2n) is 7.54. The molecular weight excluding hydrogens is 378 g/mol. The predicted molar refractivity (Wildman–Crippen MR) is 109 cm³/mol. The molecule has 1 aliphatic rings. The van der Waals surface area contributed by atoms with E-state index < -0.39 is 5.60 Å².